The summed E-state index contributed by atoms with van der Waals surface area (Å²) in [5.74, 6) is -2.51. The molecule has 5 heterocycles. The Morgan fingerprint density at radius 3 is 2.73 bits per heavy atom. The van der Waals surface area contributed by atoms with Gasteiger partial charge >= 0.3 is 12.2 Å². The largest absolute Gasteiger partial charge is 0.461 e. The van der Waals surface area contributed by atoms with Gasteiger partial charge in [0.1, 0.15) is 47.6 Å². The first-order chi connectivity index (χ1) is 24.8. The molecule has 2 aromatic carbocycles. The molecule has 3 aliphatic rings. The van der Waals surface area contributed by atoms with Gasteiger partial charge in [-0.25, -0.2) is 13.2 Å². The van der Waals surface area contributed by atoms with E-state index in [1.165, 1.54) is 7.11 Å². The van der Waals surface area contributed by atoms with E-state index >= 15 is 17.6 Å². The number of carbonyl (C=O) groups is 1. The standard InChI is InChI=1S/C35H35F6N7O3S/c1-3-48(19-7-10-46(15-19)25(49)16-50-2)32-21-11-23(35(39,40)41)27(20-5-6-24(37)30-26(20)22(13-42)31(43)52-30)28(38)29(21)44-33(45-32)51-17-34-8-4-9-47(34)14-18(36)12-34/h5-6,11,18-19H,3-4,7-10,12,14-17,43H2,1-2H3. The van der Waals surface area contributed by atoms with Crippen LogP contribution in [0.3, 0.4) is 0 Å². The fraction of sp³-hybridized carbons (Fsp3) is 0.486. The van der Waals surface area contributed by atoms with Crippen molar-refractivity contribution in [2.75, 3.05) is 63.7 Å². The molecule has 3 saturated heterocycles. The average Bonchev–Trinajstić information content (AvgIpc) is 3.87. The van der Waals surface area contributed by atoms with Gasteiger partial charge in [-0.15, -0.1) is 11.3 Å². The number of benzene rings is 2. The molecule has 0 aliphatic carbocycles. The van der Waals surface area contributed by atoms with Crippen LogP contribution in [0.25, 0.3) is 32.1 Å². The molecule has 3 aliphatic heterocycles. The number of alkyl halides is 4. The van der Waals surface area contributed by atoms with E-state index in [1.807, 2.05) is 11.0 Å². The van der Waals surface area contributed by atoms with Crippen molar-refractivity contribution in [2.45, 2.75) is 56.5 Å². The number of fused-ring (bicyclic) bond motifs is 3. The van der Waals surface area contributed by atoms with Gasteiger partial charge < -0.3 is 25.0 Å². The smallest absolute Gasteiger partial charge is 0.417 e. The first kappa shape index (κ1) is 36.0. The van der Waals surface area contributed by atoms with Crippen LogP contribution in [0.15, 0.2) is 18.2 Å². The third kappa shape index (κ3) is 6.03. The molecular formula is C35H35F6N7O3S. The summed E-state index contributed by atoms with van der Waals surface area (Å²) in [5.41, 5.74) is 1.85. The molecule has 0 bridgehead atoms. The fourth-order valence-corrected chi connectivity index (χ4v) is 9.09. The number of aromatic nitrogens is 2. The highest BCUT2D eigenvalue weighted by molar-refractivity contribution is 7.23. The van der Waals surface area contributed by atoms with Gasteiger partial charge in [0.2, 0.25) is 5.91 Å². The summed E-state index contributed by atoms with van der Waals surface area (Å²) in [5, 5.41) is 9.21. The van der Waals surface area contributed by atoms with Crippen molar-refractivity contribution in [3.8, 4) is 23.2 Å². The number of nitrogens with two attached hydrogens (primary N) is 1. The highest BCUT2D eigenvalue weighted by atomic mass is 32.1. The van der Waals surface area contributed by atoms with Crippen LogP contribution in [-0.4, -0.2) is 96.5 Å². The fourth-order valence-electron chi connectivity index (χ4n) is 8.14. The Bertz CT molecular complexity index is 2110. The van der Waals surface area contributed by atoms with Gasteiger partial charge in [0, 0.05) is 62.1 Å². The molecule has 3 fully saturated rings. The van der Waals surface area contributed by atoms with Crippen LogP contribution < -0.4 is 15.4 Å². The van der Waals surface area contributed by atoms with Gasteiger partial charge in [0.05, 0.1) is 21.4 Å². The number of nitriles is 1. The summed E-state index contributed by atoms with van der Waals surface area (Å²) in [6.45, 7) is 3.31. The number of rotatable bonds is 9. The van der Waals surface area contributed by atoms with Gasteiger partial charge in [-0.1, -0.05) is 6.07 Å². The number of amides is 1. The van der Waals surface area contributed by atoms with Crippen molar-refractivity contribution < 1.29 is 40.6 Å². The summed E-state index contributed by atoms with van der Waals surface area (Å²) in [6.07, 6.45) is -4.04. The van der Waals surface area contributed by atoms with Crippen molar-refractivity contribution >= 4 is 49.1 Å². The highest BCUT2D eigenvalue weighted by Gasteiger charge is 2.49. The van der Waals surface area contributed by atoms with Crippen molar-refractivity contribution in [1.29, 1.82) is 5.26 Å². The number of methoxy groups -OCH3 is 1. The van der Waals surface area contributed by atoms with Crippen molar-refractivity contribution in [1.82, 2.24) is 19.8 Å². The van der Waals surface area contributed by atoms with Gasteiger partial charge in [-0.3, -0.25) is 9.69 Å². The van der Waals surface area contributed by atoms with E-state index in [9.17, 15) is 18.8 Å². The van der Waals surface area contributed by atoms with E-state index in [4.69, 9.17) is 15.2 Å². The second-order valence-electron chi connectivity index (χ2n) is 13.5. The van der Waals surface area contributed by atoms with Gasteiger partial charge in [0.15, 0.2) is 5.82 Å². The number of hydrogen-bond acceptors (Lipinski definition) is 10. The molecule has 52 heavy (non-hydrogen) atoms. The van der Waals surface area contributed by atoms with Gasteiger partial charge in [-0.05, 0) is 50.4 Å². The number of nitrogens with zero attached hydrogens (tertiary/aromatic N) is 6. The van der Waals surface area contributed by atoms with E-state index in [0.29, 0.717) is 37.3 Å². The first-order valence-corrected chi connectivity index (χ1v) is 17.7. The molecule has 3 unspecified atom stereocenters. The molecule has 3 atom stereocenters. The molecule has 4 aromatic rings. The van der Waals surface area contributed by atoms with E-state index in [2.05, 4.69) is 9.97 Å². The summed E-state index contributed by atoms with van der Waals surface area (Å²) in [6, 6.07) is 3.75. The molecule has 10 nitrogen and oxygen atoms in total. The Morgan fingerprint density at radius 2 is 2.02 bits per heavy atom. The Kier molecular flexibility index (Phi) is 9.37. The third-order valence-corrected chi connectivity index (χ3v) is 11.5. The quantitative estimate of drug-likeness (QED) is 0.197. The van der Waals surface area contributed by atoms with Crippen LogP contribution in [0.1, 0.15) is 43.7 Å². The van der Waals surface area contributed by atoms with Crippen LogP contribution in [0, 0.1) is 23.0 Å². The Hall–Kier alpha value is -4.40. The lowest BCUT2D eigenvalue weighted by molar-refractivity contribution is -0.137. The number of nitrogen functional groups attached to an aromatic ring is 1. The molecule has 17 heteroatoms. The van der Waals surface area contributed by atoms with Crippen molar-refractivity contribution in [3.05, 3.63) is 41.0 Å². The zero-order valence-electron chi connectivity index (χ0n) is 28.3. The SMILES string of the molecule is CCN(c1nc(OCC23CCCN2CC(F)C3)nc2c(F)c(-c3ccc(F)c4sc(N)c(C#N)c34)c(C(F)(F)F)cc12)C1CCN(C(=O)COC)C1. The maximum Gasteiger partial charge on any atom is 0.417 e. The summed E-state index contributed by atoms with van der Waals surface area (Å²) >= 11 is 0.676. The number of likely N-dealkylation sites (tertiary alicyclic amines) is 1. The molecule has 2 aromatic heterocycles. The van der Waals surface area contributed by atoms with Crippen molar-refractivity contribution in [3.63, 3.8) is 0 Å². The van der Waals surface area contributed by atoms with Crippen LogP contribution in [0.5, 0.6) is 6.01 Å². The summed E-state index contributed by atoms with van der Waals surface area (Å²) in [7, 11) is 1.40. The maximum absolute atomic E-state index is 17.2. The second kappa shape index (κ2) is 13.5. The topological polar surface area (TPSA) is 121 Å². The number of ether oxygens (including phenoxy) is 2. The maximum atomic E-state index is 17.2. The molecule has 0 spiro atoms. The van der Waals surface area contributed by atoms with E-state index in [0.717, 1.165) is 24.6 Å². The minimum absolute atomic E-state index is 0.0272. The second-order valence-corrected chi connectivity index (χ2v) is 14.5. The predicted octanol–water partition coefficient (Wildman–Crippen LogP) is 6.29. The molecule has 276 valence electrons. The minimum atomic E-state index is -5.13. The molecule has 0 saturated carbocycles. The summed E-state index contributed by atoms with van der Waals surface area (Å²) in [4.78, 5) is 26.9. The van der Waals surface area contributed by atoms with E-state index < -0.39 is 52.2 Å². The Labute approximate surface area is 298 Å². The lowest BCUT2D eigenvalue weighted by Gasteiger charge is -2.32. The summed E-state index contributed by atoms with van der Waals surface area (Å²) < 4.78 is 103. The molecule has 7 rings (SSSR count). The van der Waals surface area contributed by atoms with Crippen molar-refractivity contribution in [2.24, 2.45) is 0 Å². The number of halogens is 6. The number of hydrogen-bond donors (Lipinski definition) is 1. The Balaban J connectivity index is 1.44. The van der Waals surface area contributed by atoms with Crippen LogP contribution >= 0.6 is 11.3 Å². The van der Waals surface area contributed by atoms with E-state index in [1.54, 1.807) is 16.7 Å². The third-order valence-electron chi connectivity index (χ3n) is 10.5. The Morgan fingerprint density at radius 1 is 1.23 bits per heavy atom. The molecule has 2 N–H and O–H groups in total. The predicted molar refractivity (Wildman–Crippen MR) is 183 cm³/mol. The number of carbonyl (C=O) groups excluding carboxylic acids is 1. The zero-order valence-corrected chi connectivity index (χ0v) is 29.1. The molecule has 0 radical (unpaired) electrons. The van der Waals surface area contributed by atoms with E-state index in [-0.39, 0.29) is 88.6 Å². The minimum Gasteiger partial charge on any atom is -0.461 e. The van der Waals surface area contributed by atoms with Crippen LogP contribution in [0.2, 0.25) is 0 Å². The van der Waals surface area contributed by atoms with Gasteiger partial charge in [-0.2, -0.15) is 28.4 Å². The number of thiophene rings is 1. The number of likely N-dealkylation sites (N-methyl/N-ethyl adjacent to an activating group) is 1. The molecular weight excluding hydrogens is 712 g/mol. The molecule has 1 amide bonds. The average molecular weight is 748 g/mol. The normalized spacial score (nSPS) is 22.0. The monoisotopic (exact) mass is 747 g/mol. The van der Waals surface area contributed by atoms with Crippen LogP contribution in [0.4, 0.5) is 37.2 Å². The lowest BCUT2D eigenvalue weighted by Crippen LogP contribution is -2.43. The first-order valence-electron chi connectivity index (χ1n) is 16.9. The van der Waals surface area contributed by atoms with Gasteiger partial charge in [0.25, 0.3) is 0 Å². The van der Waals surface area contributed by atoms with Crippen LogP contribution in [-0.2, 0) is 15.7 Å². The number of anilines is 2. The highest BCUT2D eigenvalue weighted by Crippen LogP contribution is 2.48. The lowest BCUT2D eigenvalue weighted by atomic mass is 9.92. The zero-order chi connectivity index (χ0) is 37.1.